The highest BCUT2D eigenvalue weighted by molar-refractivity contribution is 6.76. The molecule has 0 fully saturated rings. The molecule has 102 valence electrons. The molecule has 17 heavy (non-hydrogen) atoms. The van der Waals surface area contributed by atoms with Crippen LogP contribution in [0.25, 0.3) is 0 Å². The zero-order valence-electron chi connectivity index (χ0n) is 10.5. The largest absolute Gasteiger partial charge is 0.412 e. The van der Waals surface area contributed by atoms with E-state index in [0.717, 1.165) is 12.5 Å². The fourth-order valence-electron chi connectivity index (χ4n) is 1.42. The van der Waals surface area contributed by atoms with Gasteiger partial charge in [0.1, 0.15) is 0 Å². The van der Waals surface area contributed by atoms with Crippen molar-refractivity contribution in [1.29, 1.82) is 0 Å². The molecule has 1 heterocycles. The first kappa shape index (κ1) is 21.3. The highest BCUT2D eigenvalue weighted by Gasteiger charge is 2.23. The van der Waals surface area contributed by atoms with E-state index in [9.17, 15) is 9.59 Å². The molecule has 0 aromatic rings. The Kier molecular flexibility index (Phi) is 10.2. The topological polar surface area (TPSA) is 132 Å². The van der Waals surface area contributed by atoms with Crippen LogP contribution in [0.2, 0.25) is 25.7 Å². The van der Waals surface area contributed by atoms with Gasteiger partial charge >= 0.3 is 0 Å². The molecule has 6 nitrogen and oxygen atoms in total. The van der Waals surface area contributed by atoms with Gasteiger partial charge in [0.05, 0.1) is 0 Å². The monoisotopic (exact) mass is 265 g/mol. The maximum Gasteiger partial charge on any atom is 0.253 e. The number of hydrogen-bond acceptors (Lipinski definition) is 2. The van der Waals surface area contributed by atoms with Crippen LogP contribution in [0.5, 0.6) is 0 Å². The van der Waals surface area contributed by atoms with E-state index >= 15 is 0 Å². The van der Waals surface area contributed by atoms with Gasteiger partial charge < -0.3 is 16.4 Å². The van der Waals surface area contributed by atoms with E-state index in [-0.39, 0.29) is 28.2 Å². The van der Waals surface area contributed by atoms with Gasteiger partial charge in [0.25, 0.3) is 11.8 Å². The van der Waals surface area contributed by atoms with Crippen molar-refractivity contribution < 1.29 is 26.0 Å². The van der Waals surface area contributed by atoms with Crippen LogP contribution in [-0.2, 0) is 9.59 Å². The normalized spacial score (nSPS) is 13.9. The summed E-state index contributed by atoms with van der Waals surface area (Å²) in [5.74, 6) is -0.323. The van der Waals surface area contributed by atoms with Crippen LogP contribution >= 0.6 is 0 Å². The van der Waals surface area contributed by atoms with Gasteiger partial charge in [-0.05, 0) is 6.42 Å². The molecule has 0 unspecified atom stereocenters. The summed E-state index contributed by atoms with van der Waals surface area (Å²) in [4.78, 5) is 23.7. The van der Waals surface area contributed by atoms with Gasteiger partial charge in [-0.2, -0.15) is 0 Å². The Balaban J connectivity index is -0.000000653. The number of amides is 2. The molecule has 2 amide bonds. The number of carbonyl (C=O) groups excluding carboxylic acids is 2. The maximum atomic E-state index is 11.2. The molecule has 7 heteroatoms. The van der Waals surface area contributed by atoms with Crippen LogP contribution < -0.4 is 0 Å². The second kappa shape index (κ2) is 8.12. The number of carbonyl (C=O) groups is 2. The quantitative estimate of drug-likeness (QED) is 0.484. The molecule has 0 aromatic carbocycles. The van der Waals surface area contributed by atoms with Crippen LogP contribution in [0.4, 0.5) is 0 Å². The third kappa shape index (κ3) is 7.00. The Labute approximate surface area is 102 Å². The number of nitrogens with zero attached hydrogens (tertiary/aromatic N) is 1. The molecule has 0 aromatic heterocycles. The number of rotatable bonds is 4. The summed E-state index contributed by atoms with van der Waals surface area (Å²) < 4.78 is 0. The Bertz CT molecular complexity index is 267. The Morgan fingerprint density at radius 3 is 1.76 bits per heavy atom. The first-order valence-electron chi connectivity index (χ1n) is 4.94. The van der Waals surface area contributed by atoms with E-state index < -0.39 is 8.07 Å². The zero-order valence-corrected chi connectivity index (χ0v) is 11.5. The first-order chi connectivity index (χ1) is 6.40. The van der Waals surface area contributed by atoms with Gasteiger partial charge in [-0.1, -0.05) is 25.7 Å². The molecular weight excluding hydrogens is 242 g/mol. The van der Waals surface area contributed by atoms with Gasteiger partial charge in [-0.15, -0.1) is 0 Å². The molecule has 0 atom stereocenters. The van der Waals surface area contributed by atoms with Crippen LogP contribution in [0.1, 0.15) is 6.42 Å². The summed E-state index contributed by atoms with van der Waals surface area (Å²) in [6, 6.07) is 1.16. The van der Waals surface area contributed by atoms with Crippen molar-refractivity contribution in [1.82, 2.24) is 4.90 Å². The van der Waals surface area contributed by atoms with Crippen molar-refractivity contribution in [2.75, 3.05) is 6.54 Å². The predicted octanol–water partition coefficient (Wildman–Crippen LogP) is -0.834. The van der Waals surface area contributed by atoms with E-state index in [2.05, 4.69) is 19.6 Å². The molecule has 0 spiro atoms. The van der Waals surface area contributed by atoms with Crippen molar-refractivity contribution in [3.05, 3.63) is 12.2 Å². The first-order valence-corrected chi connectivity index (χ1v) is 8.64. The van der Waals surface area contributed by atoms with E-state index in [1.54, 1.807) is 0 Å². The minimum atomic E-state index is -1.04. The van der Waals surface area contributed by atoms with Crippen LogP contribution in [0.15, 0.2) is 12.2 Å². The fourth-order valence-corrected chi connectivity index (χ4v) is 2.64. The van der Waals surface area contributed by atoms with Crippen molar-refractivity contribution in [2.45, 2.75) is 32.1 Å². The molecule has 1 aliphatic rings. The van der Waals surface area contributed by atoms with Crippen molar-refractivity contribution in [2.24, 2.45) is 0 Å². The smallest absolute Gasteiger partial charge is 0.253 e. The SMILES string of the molecule is C[Si](C)(C)CCCN1C(=O)C=CC1=O.O.O.O. The van der Waals surface area contributed by atoms with Gasteiger partial charge in [0, 0.05) is 26.8 Å². The zero-order chi connectivity index (χ0) is 10.8. The van der Waals surface area contributed by atoms with Crippen molar-refractivity contribution in [3.8, 4) is 0 Å². The minimum Gasteiger partial charge on any atom is -0.412 e. The molecule has 0 saturated carbocycles. The summed E-state index contributed by atoms with van der Waals surface area (Å²) in [6.07, 6.45) is 3.63. The highest BCUT2D eigenvalue weighted by Crippen LogP contribution is 2.13. The molecule has 0 saturated heterocycles. The predicted molar refractivity (Wildman–Crippen MR) is 69.5 cm³/mol. The van der Waals surface area contributed by atoms with Gasteiger partial charge in [-0.25, -0.2) is 0 Å². The number of imide groups is 1. The third-order valence-electron chi connectivity index (χ3n) is 2.21. The molecular formula is C10H23NO5Si. The maximum absolute atomic E-state index is 11.2. The highest BCUT2D eigenvalue weighted by atomic mass is 28.3. The van der Waals surface area contributed by atoms with Crippen LogP contribution in [0, 0.1) is 0 Å². The molecule has 0 aliphatic carbocycles. The van der Waals surface area contributed by atoms with Gasteiger partial charge in [0.15, 0.2) is 0 Å². The number of hydrogen-bond donors (Lipinski definition) is 0. The third-order valence-corrected chi connectivity index (χ3v) is 4.06. The summed E-state index contributed by atoms with van der Waals surface area (Å²) in [6.45, 7) is 7.45. The summed E-state index contributed by atoms with van der Waals surface area (Å²) in [5.41, 5.74) is 0. The Morgan fingerprint density at radius 2 is 1.41 bits per heavy atom. The summed E-state index contributed by atoms with van der Waals surface area (Å²) in [5, 5.41) is 0. The van der Waals surface area contributed by atoms with Crippen LogP contribution in [-0.4, -0.2) is 47.8 Å². The summed E-state index contributed by atoms with van der Waals surface area (Å²) in [7, 11) is -1.04. The van der Waals surface area contributed by atoms with Crippen molar-refractivity contribution in [3.63, 3.8) is 0 Å². The minimum absolute atomic E-state index is 0. The van der Waals surface area contributed by atoms with Crippen LogP contribution in [0.3, 0.4) is 0 Å². The van der Waals surface area contributed by atoms with Crippen molar-refractivity contribution >= 4 is 19.9 Å². The van der Waals surface area contributed by atoms with Gasteiger partial charge in [-0.3, -0.25) is 14.5 Å². The second-order valence-electron chi connectivity index (χ2n) is 4.83. The summed E-state index contributed by atoms with van der Waals surface area (Å²) >= 11 is 0. The van der Waals surface area contributed by atoms with E-state index in [1.165, 1.54) is 17.1 Å². The molecule has 1 rings (SSSR count). The Morgan fingerprint density at radius 1 is 1.00 bits per heavy atom. The lowest BCUT2D eigenvalue weighted by atomic mass is 10.4. The fraction of sp³-hybridized carbons (Fsp3) is 0.600. The van der Waals surface area contributed by atoms with E-state index in [1.807, 2.05) is 0 Å². The van der Waals surface area contributed by atoms with Gasteiger partial charge in [0.2, 0.25) is 0 Å². The molecule has 0 radical (unpaired) electrons. The average molecular weight is 265 g/mol. The second-order valence-corrected chi connectivity index (χ2v) is 10.4. The molecule has 0 bridgehead atoms. The molecule has 6 N–H and O–H groups in total. The lowest BCUT2D eigenvalue weighted by molar-refractivity contribution is -0.136. The van der Waals surface area contributed by atoms with E-state index in [4.69, 9.17) is 0 Å². The standard InChI is InChI=1S/C10H17NO2Si.3H2O/c1-14(2,3)8-4-7-11-9(12)5-6-10(11)13;;;/h5-6H,4,7-8H2,1-3H3;3*1H2. The van der Waals surface area contributed by atoms with E-state index in [0.29, 0.717) is 6.54 Å². The Hall–Kier alpha value is -1.02. The molecule has 1 aliphatic heterocycles. The lowest BCUT2D eigenvalue weighted by Gasteiger charge is -2.18. The lowest BCUT2D eigenvalue weighted by Crippen LogP contribution is -2.32. The average Bonchev–Trinajstić information content (AvgIpc) is 2.33.